The van der Waals surface area contributed by atoms with Gasteiger partial charge in [-0.25, -0.2) is 4.79 Å². The predicted octanol–water partition coefficient (Wildman–Crippen LogP) is 7.35. The number of hydrogen-bond acceptors (Lipinski definition) is 10. The van der Waals surface area contributed by atoms with Crippen molar-refractivity contribution in [2.75, 3.05) is 40.6 Å². The van der Waals surface area contributed by atoms with Gasteiger partial charge in [0, 0.05) is 43.9 Å². The fourth-order valence-corrected chi connectivity index (χ4v) is 8.27. The van der Waals surface area contributed by atoms with E-state index in [9.17, 15) is 15.0 Å². The number of hydrogen-bond donors (Lipinski definition) is 2. The summed E-state index contributed by atoms with van der Waals surface area (Å²) in [5, 5.41) is 24.2. The highest BCUT2D eigenvalue weighted by atomic mass is 16.7. The molecule has 3 aliphatic rings. The van der Waals surface area contributed by atoms with Gasteiger partial charge in [-0.1, -0.05) is 57.0 Å². The van der Waals surface area contributed by atoms with Gasteiger partial charge >= 0.3 is 6.09 Å². The first-order valence-corrected chi connectivity index (χ1v) is 19.0. The minimum atomic E-state index is -1.33. The number of aromatic nitrogens is 1. The lowest BCUT2D eigenvalue weighted by molar-refractivity contribution is -0.253. The number of likely N-dealkylation sites (N-methyl/N-ethyl adjacent to an activating group) is 1. The van der Waals surface area contributed by atoms with Gasteiger partial charge in [0.1, 0.15) is 31.3 Å². The van der Waals surface area contributed by atoms with Crippen molar-refractivity contribution in [3.63, 3.8) is 0 Å². The number of carbonyl (C=O) groups is 1. The van der Waals surface area contributed by atoms with Gasteiger partial charge in [-0.15, -0.1) is 6.58 Å². The highest BCUT2D eigenvalue weighted by molar-refractivity contribution is 6.02. The number of carbonyl (C=O) groups excluding carboxylic acids is 1. The maximum atomic E-state index is 13.8. The number of pyridine rings is 1. The van der Waals surface area contributed by atoms with E-state index in [-0.39, 0.29) is 49.6 Å². The van der Waals surface area contributed by atoms with Gasteiger partial charge in [-0.2, -0.15) is 0 Å². The number of fused-ring (bicyclic) bond motifs is 2. The maximum absolute atomic E-state index is 13.8. The number of aliphatic hydroxyl groups excluding tert-OH is 2. The first kappa shape index (κ1) is 40.3. The van der Waals surface area contributed by atoms with Crippen LogP contribution < -0.4 is 9.47 Å². The van der Waals surface area contributed by atoms with Crippen molar-refractivity contribution in [1.29, 1.82) is 0 Å². The maximum Gasteiger partial charge on any atom is 0.410 e. The molecule has 11 nitrogen and oxygen atoms in total. The van der Waals surface area contributed by atoms with Crippen molar-refractivity contribution in [3.05, 3.63) is 77.7 Å². The molecule has 6 atom stereocenters. The summed E-state index contributed by atoms with van der Waals surface area (Å²) in [6.07, 6.45) is 8.63. The fourth-order valence-electron chi connectivity index (χ4n) is 8.27. The topological polar surface area (TPSA) is 132 Å². The zero-order valence-electron chi connectivity index (χ0n) is 32.4. The zero-order valence-corrected chi connectivity index (χ0v) is 32.4. The number of oxime groups is 1. The average molecular weight is 734 g/mol. The Morgan fingerprint density at radius 1 is 1.13 bits per heavy atom. The van der Waals surface area contributed by atoms with Crippen LogP contribution in [0.2, 0.25) is 0 Å². The number of ether oxygens (including phenoxy) is 4. The number of amides is 1. The second-order valence-electron chi connectivity index (χ2n) is 15.7. The molecule has 0 radical (unpaired) electrons. The predicted molar refractivity (Wildman–Crippen MR) is 204 cm³/mol. The van der Waals surface area contributed by atoms with Crippen LogP contribution in [0.3, 0.4) is 0 Å². The molecule has 2 heterocycles. The molecule has 1 aromatic heterocycles. The number of benzene rings is 1. The normalized spacial score (nSPS) is 25.4. The molecule has 53 heavy (non-hydrogen) atoms. The van der Waals surface area contributed by atoms with Gasteiger partial charge in [-0.05, 0) is 85.8 Å². The van der Waals surface area contributed by atoms with Gasteiger partial charge < -0.3 is 38.9 Å². The van der Waals surface area contributed by atoms with Crippen LogP contribution >= 0.6 is 0 Å². The standard InChI is InChI=1S/C42H59N3O8/c1-8-22-52-42-37(45(6)40(48)51-27-41(3,4)5)25-35(44-49-7)33-23-29(15-9-11-20-46)32(17-10-12-21-47)38(39(33)42)34-24-31(18-19-36(34)53-42)50-26-30-16-13-14-28(2)43-30/h8,13-14,16,18-19,23-24,29,32,37-39,46-47H,1,9-12,15,17,20-22,25-27H2,2-7H3/t29-,32+,37-,38+,39+,42+/m0/s1. The third-order valence-corrected chi connectivity index (χ3v) is 10.6. The summed E-state index contributed by atoms with van der Waals surface area (Å²) >= 11 is 0. The lowest BCUT2D eigenvalue weighted by Crippen LogP contribution is -2.69. The van der Waals surface area contributed by atoms with Crippen LogP contribution in [0.15, 0.2) is 65.9 Å². The number of aryl methyl sites for hydroxylation is 1. The first-order valence-electron chi connectivity index (χ1n) is 19.0. The molecular weight excluding hydrogens is 674 g/mol. The number of nitrogens with zero attached hydrogens (tertiary/aromatic N) is 3. The van der Waals surface area contributed by atoms with Gasteiger partial charge in [0.15, 0.2) is 0 Å². The molecule has 1 aromatic carbocycles. The molecule has 1 aliphatic heterocycles. The summed E-state index contributed by atoms with van der Waals surface area (Å²) in [6, 6.07) is 11.2. The monoisotopic (exact) mass is 733 g/mol. The van der Waals surface area contributed by atoms with Crippen LogP contribution in [-0.4, -0.2) is 84.3 Å². The van der Waals surface area contributed by atoms with Crippen LogP contribution in [0.25, 0.3) is 0 Å². The Morgan fingerprint density at radius 3 is 2.57 bits per heavy atom. The van der Waals surface area contributed by atoms with Crippen LogP contribution in [0.1, 0.15) is 88.6 Å². The van der Waals surface area contributed by atoms with Crippen molar-refractivity contribution in [3.8, 4) is 11.5 Å². The van der Waals surface area contributed by atoms with E-state index >= 15 is 0 Å². The molecule has 11 heteroatoms. The number of unbranched alkanes of at least 4 members (excludes halogenated alkanes) is 2. The minimum absolute atomic E-state index is 0.109. The molecule has 1 fully saturated rings. The van der Waals surface area contributed by atoms with E-state index in [2.05, 4.69) is 28.9 Å². The Balaban J connectivity index is 1.69. The summed E-state index contributed by atoms with van der Waals surface area (Å²) in [5.41, 5.74) is 4.22. The highest BCUT2D eigenvalue weighted by Gasteiger charge is 2.65. The van der Waals surface area contributed by atoms with Crippen LogP contribution in [0.4, 0.5) is 4.79 Å². The summed E-state index contributed by atoms with van der Waals surface area (Å²) < 4.78 is 26.3. The number of rotatable bonds is 17. The second kappa shape index (κ2) is 17.9. The highest BCUT2D eigenvalue weighted by Crippen LogP contribution is 2.61. The smallest absolute Gasteiger partial charge is 0.410 e. The first-order chi connectivity index (χ1) is 25.5. The molecule has 0 bridgehead atoms. The third kappa shape index (κ3) is 9.24. The summed E-state index contributed by atoms with van der Waals surface area (Å²) in [4.78, 5) is 25.6. The Labute approximate surface area is 315 Å². The van der Waals surface area contributed by atoms with Crippen LogP contribution in [-0.2, 0) is 20.9 Å². The average Bonchev–Trinajstić information content (AvgIpc) is 3.13. The van der Waals surface area contributed by atoms with E-state index < -0.39 is 23.8 Å². The van der Waals surface area contributed by atoms with E-state index in [1.807, 2.05) is 58.0 Å². The molecule has 0 saturated heterocycles. The molecule has 2 aromatic rings. The zero-order chi connectivity index (χ0) is 38.2. The Kier molecular flexibility index (Phi) is 13.6. The molecule has 1 amide bonds. The number of allylic oxidation sites excluding steroid dienone is 1. The fraction of sp³-hybridized carbons (Fsp3) is 0.595. The van der Waals surface area contributed by atoms with Crippen molar-refractivity contribution < 1.29 is 38.8 Å². The summed E-state index contributed by atoms with van der Waals surface area (Å²) in [6.45, 7) is 13.0. The molecule has 1 saturated carbocycles. The largest absolute Gasteiger partial charge is 0.487 e. The van der Waals surface area contributed by atoms with E-state index in [0.717, 1.165) is 53.9 Å². The van der Waals surface area contributed by atoms with Gasteiger partial charge in [0.25, 0.3) is 0 Å². The quantitative estimate of drug-likeness (QED) is 0.0974. The van der Waals surface area contributed by atoms with Crippen molar-refractivity contribution in [2.45, 2.75) is 97.0 Å². The Bertz CT molecular complexity index is 1620. The SMILES string of the molecule is C=CCO[C@@]12Oc3ccc(OCc4cccc(C)n4)cc3[C@H]3[C@H](CCCCO)[C@@H](CCCCO)C=C(C(=NOC)C[C@@H]1N(C)C(=O)OCC(C)(C)C)[C@H]32. The molecule has 5 rings (SSSR count). The van der Waals surface area contributed by atoms with E-state index in [1.54, 1.807) is 18.0 Å². The minimum Gasteiger partial charge on any atom is -0.487 e. The summed E-state index contributed by atoms with van der Waals surface area (Å²) in [7, 11) is 3.27. The molecule has 290 valence electrons. The lowest BCUT2D eigenvalue weighted by Gasteiger charge is -2.59. The molecule has 2 N–H and O–H groups in total. The summed E-state index contributed by atoms with van der Waals surface area (Å²) in [5.74, 6) is -0.288. The number of aliphatic hydroxyl groups is 2. The van der Waals surface area contributed by atoms with Crippen molar-refractivity contribution in [2.24, 2.45) is 28.3 Å². The Morgan fingerprint density at radius 2 is 1.89 bits per heavy atom. The van der Waals surface area contributed by atoms with Crippen molar-refractivity contribution in [1.82, 2.24) is 9.88 Å². The Hall–Kier alpha value is -3.93. The van der Waals surface area contributed by atoms with Crippen LogP contribution in [0, 0.1) is 30.1 Å². The molecule has 0 unspecified atom stereocenters. The van der Waals surface area contributed by atoms with Gasteiger partial charge in [0.2, 0.25) is 5.79 Å². The van der Waals surface area contributed by atoms with E-state index in [1.165, 1.54) is 7.11 Å². The third-order valence-electron chi connectivity index (χ3n) is 10.6. The molecular formula is C42H59N3O8. The second-order valence-corrected chi connectivity index (χ2v) is 15.7. The van der Waals surface area contributed by atoms with Gasteiger partial charge in [0.05, 0.1) is 30.5 Å². The molecule has 2 aliphatic carbocycles. The van der Waals surface area contributed by atoms with E-state index in [4.69, 9.17) is 23.8 Å². The van der Waals surface area contributed by atoms with Crippen LogP contribution in [0.5, 0.6) is 11.5 Å². The van der Waals surface area contributed by atoms with Gasteiger partial charge in [-0.3, -0.25) is 4.98 Å². The van der Waals surface area contributed by atoms with E-state index in [0.29, 0.717) is 37.4 Å². The molecule has 0 spiro atoms. The lowest BCUT2D eigenvalue weighted by atomic mass is 9.55. The van der Waals surface area contributed by atoms with Crippen molar-refractivity contribution >= 4 is 11.8 Å².